The fraction of sp³-hybridized carbons (Fsp3) is 0.400. The number of hydrogen-bond acceptors (Lipinski definition) is 5. The number of rotatable bonds is 4. The lowest BCUT2D eigenvalue weighted by Gasteiger charge is -2.22. The van der Waals surface area contributed by atoms with E-state index in [1.165, 1.54) is 17.9 Å². The molecule has 17 heavy (non-hydrogen) atoms. The molecule has 0 radical (unpaired) electrons. The van der Waals surface area contributed by atoms with Gasteiger partial charge in [0, 0.05) is 12.6 Å². The highest BCUT2D eigenvalue weighted by Crippen LogP contribution is 2.21. The maximum atomic E-state index is 10.8. The minimum atomic E-state index is -0.981. The van der Waals surface area contributed by atoms with E-state index in [2.05, 4.69) is 4.98 Å². The number of carbonyl (C=O) groups is 1. The second kappa shape index (κ2) is 4.77. The maximum Gasteiger partial charge on any atom is 0.326 e. The fourth-order valence-electron chi connectivity index (χ4n) is 1.28. The monoisotopic (exact) mass is 239 g/mol. The first-order valence-electron chi connectivity index (χ1n) is 4.91. The Kier molecular flexibility index (Phi) is 3.62. The van der Waals surface area contributed by atoms with Crippen molar-refractivity contribution in [1.29, 1.82) is 0 Å². The third-order valence-electron chi connectivity index (χ3n) is 2.57. The summed E-state index contributed by atoms with van der Waals surface area (Å²) in [6, 6.07) is 0.751. The summed E-state index contributed by atoms with van der Waals surface area (Å²) in [5.41, 5.74) is 0.370. The van der Waals surface area contributed by atoms with Gasteiger partial charge in [0.2, 0.25) is 0 Å². The van der Waals surface area contributed by atoms with Crippen molar-refractivity contribution in [2.75, 3.05) is 11.9 Å². The second-order valence-corrected chi connectivity index (χ2v) is 3.71. The van der Waals surface area contributed by atoms with Gasteiger partial charge in [-0.2, -0.15) is 0 Å². The first kappa shape index (κ1) is 12.9. The molecule has 0 bridgehead atoms. The number of pyridine rings is 1. The Morgan fingerprint density at radius 1 is 1.65 bits per heavy atom. The molecule has 0 spiro atoms. The van der Waals surface area contributed by atoms with E-state index in [0.717, 1.165) is 6.20 Å². The van der Waals surface area contributed by atoms with Crippen LogP contribution in [0.3, 0.4) is 0 Å². The van der Waals surface area contributed by atoms with Gasteiger partial charge in [0.15, 0.2) is 0 Å². The molecular formula is C10H13N3O4. The molecule has 1 heterocycles. The molecule has 0 aliphatic heterocycles. The van der Waals surface area contributed by atoms with E-state index in [1.807, 2.05) is 0 Å². The van der Waals surface area contributed by atoms with Crippen LogP contribution in [-0.2, 0) is 4.79 Å². The molecule has 1 aromatic rings. The number of aliphatic carboxylic acids is 1. The van der Waals surface area contributed by atoms with Gasteiger partial charge in [0.1, 0.15) is 18.1 Å². The van der Waals surface area contributed by atoms with Crippen molar-refractivity contribution in [3.63, 3.8) is 0 Å². The van der Waals surface area contributed by atoms with Gasteiger partial charge in [-0.15, -0.1) is 0 Å². The summed E-state index contributed by atoms with van der Waals surface area (Å²) in [7, 11) is 1.58. The Morgan fingerprint density at radius 2 is 2.24 bits per heavy atom. The van der Waals surface area contributed by atoms with E-state index in [1.54, 1.807) is 14.0 Å². The highest BCUT2D eigenvalue weighted by molar-refractivity contribution is 5.77. The number of nitrogens with zero attached hydrogens (tertiary/aromatic N) is 3. The zero-order valence-corrected chi connectivity index (χ0v) is 9.75. The number of nitro groups is 1. The molecule has 0 aliphatic carbocycles. The van der Waals surface area contributed by atoms with Crippen LogP contribution >= 0.6 is 0 Å². The van der Waals surface area contributed by atoms with Gasteiger partial charge >= 0.3 is 5.97 Å². The van der Waals surface area contributed by atoms with Crippen molar-refractivity contribution in [2.24, 2.45) is 0 Å². The molecule has 0 fully saturated rings. The lowest BCUT2D eigenvalue weighted by Crippen LogP contribution is -2.36. The summed E-state index contributed by atoms with van der Waals surface area (Å²) in [6.45, 7) is 3.10. The van der Waals surface area contributed by atoms with Gasteiger partial charge in [-0.1, -0.05) is 0 Å². The average molecular weight is 239 g/mol. The quantitative estimate of drug-likeness (QED) is 0.626. The van der Waals surface area contributed by atoms with Gasteiger partial charge < -0.3 is 10.0 Å². The van der Waals surface area contributed by atoms with Crippen LogP contribution in [0.5, 0.6) is 0 Å². The summed E-state index contributed by atoms with van der Waals surface area (Å²) < 4.78 is 0. The summed E-state index contributed by atoms with van der Waals surface area (Å²) in [6.07, 6.45) is 1.13. The smallest absolute Gasteiger partial charge is 0.326 e. The Labute approximate surface area is 97.8 Å². The minimum Gasteiger partial charge on any atom is -0.480 e. The molecule has 0 saturated heterocycles. The third-order valence-corrected chi connectivity index (χ3v) is 2.57. The first-order valence-corrected chi connectivity index (χ1v) is 4.91. The predicted octanol–water partition coefficient (Wildman–Crippen LogP) is 1.21. The summed E-state index contributed by atoms with van der Waals surface area (Å²) >= 11 is 0. The number of aromatic nitrogens is 1. The Morgan fingerprint density at radius 3 is 2.65 bits per heavy atom. The van der Waals surface area contributed by atoms with E-state index >= 15 is 0 Å². The molecule has 0 saturated carbocycles. The van der Waals surface area contributed by atoms with Crippen LogP contribution in [0.1, 0.15) is 12.5 Å². The van der Waals surface area contributed by atoms with Gasteiger partial charge in [0.05, 0.1) is 4.92 Å². The van der Waals surface area contributed by atoms with Crippen LogP contribution in [0, 0.1) is 17.0 Å². The van der Waals surface area contributed by atoms with Crippen LogP contribution in [-0.4, -0.2) is 34.1 Å². The van der Waals surface area contributed by atoms with Crippen molar-refractivity contribution in [3.05, 3.63) is 27.9 Å². The molecule has 0 aliphatic rings. The molecule has 1 N–H and O–H groups in total. The zero-order valence-electron chi connectivity index (χ0n) is 9.75. The molecule has 0 amide bonds. The number of hydrogen-bond donors (Lipinski definition) is 1. The normalized spacial score (nSPS) is 11.9. The summed E-state index contributed by atoms with van der Waals surface area (Å²) in [5, 5.41) is 19.5. The molecule has 1 aromatic heterocycles. The number of carboxylic acids is 1. The van der Waals surface area contributed by atoms with Crippen molar-refractivity contribution >= 4 is 17.5 Å². The number of aryl methyl sites for hydroxylation is 1. The molecule has 7 nitrogen and oxygen atoms in total. The van der Waals surface area contributed by atoms with Gasteiger partial charge in [-0.3, -0.25) is 10.1 Å². The van der Waals surface area contributed by atoms with Gasteiger partial charge in [-0.25, -0.2) is 9.78 Å². The van der Waals surface area contributed by atoms with E-state index in [4.69, 9.17) is 5.11 Å². The van der Waals surface area contributed by atoms with Crippen molar-refractivity contribution in [2.45, 2.75) is 19.9 Å². The van der Waals surface area contributed by atoms with Crippen molar-refractivity contribution in [1.82, 2.24) is 4.98 Å². The Balaban J connectivity index is 3.05. The number of likely N-dealkylation sites (N-methyl/N-ethyl adjacent to an activating group) is 1. The standard InChI is InChI=1S/C10H13N3O4/c1-6-4-9(11-5-8(6)13(16)17)12(3)7(2)10(14)15/h4-5,7H,1-3H3,(H,14,15). The van der Waals surface area contributed by atoms with E-state index in [0.29, 0.717) is 11.4 Å². The summed E-state index contributed by atoms with van der Waals surface area (Å²) in [4.78, 5) is 26.2. The molecule has 1 unspecified atom stereocenters. The maximum absolute atomic E-state index is 10.8. The lowest BCUT2D eigenvalue weighted by molar-refractivity contribution is -0.385. The molecule has 1 atom stereocenters. The SMILES string of the molecule is Cc1cc(N(C)C(C)C(=O)O)ncc1[N+](=O)[O-]. The van der Waals surface area contributed by atoms with Gasteiger partial charge in [-0.05, 0) is 19.9 Å². The Bertz CT molecular complexity index is 461. The largest absolute Gasteiger partial charge is 0.480 e. The van der Waals surface area contributed by atoms with E-state index in [-0.39, 0.29) is 5.69 Å². The minimum absolute atomic E-state index is 0.0786. The van der Waals surface area contributed by atoms with Crippen molar-refractivity contribution < 1.29 is 14.8 Å². The molecular weight excluding hydrogens is 226 g/mol. The Hall–Kier alpha value is -2.18. The zero-order chi connectivity index (χ0) is 13.2. The third kappa shape index (κ3) is 2.68. The first-order chi connectivity index (χ1) is 7.84. The van der Waals surface area contributed by atoms with E-state index < -0.39 is 16.9 Å². The molecule has 7 heteroatoms. The molecule has 0 aromatic carbocycles. The van der Waals surface area contributed by atoms with Crippen LogP contribution in [0.25, 0.3) is 0 Å². The van der Waals surface area contributed by atoms with Crippen LogP contribution in [0.15, 0.2) is 12.3 Å². The fourth-order valence-corrected chi connectivity index (χ4v) is 1.28. The van der Waals surface area contributed by atoms with Gasteiger partial charge in [0.25, 0.3) is 5.69 Å². The topological polar surface area (TPSA) is 96.6 Å². The summed E-state index contributed by atoms with van der Waals surface area (Å²) in [5.74, 6) is -0.590. The van der Waals surface area contributed by atoms with Crippen LogP contribution < -0.4 is 4.90 Å². The molecule has 1 rings (SSSR count). The lowest BCUT2D eigenvalue weighted by atomic mass is 10.2. The van der Waals surface area contributed by atoms with E-state index in [9.17, 15) is 14.9 Å². The average Bonchev–Trinajstić information content (AvgIpc) is 2.26. The predicted molar refractivity (Wildman–Crippen MR) is 61.1 cm³/mol. The second-order valence-electron chi connectivity index (χ2n) is 3.71. The van der Waals surface area contributed by atoms with Crippen LogP contribution in [0.2, 0.25) is 0 Å². The number of anilines is 1. The van der Waals surface area contributed by atoms with Crippen LogP contribution in [0.4, 0.5) is 11.5 Å². The highest BCUT2D eigenvalue weighted by atomic mass is 16.6. The highest BCUT2D eigenvalue weighted by Gasteiger charge is 2.20. The number of carboxylic acid groups (broad SMARTS) is 1. The van der Waals surface area contributed by atoms with Crippen molar-refractivity contribution in [3.8, 4) is 0 Å². The molecule has 92 valence electrons.